The lowest BCUT2D eigenvalue weighted by molar-refractivity contribution is -0.139. The molecule has 1 saturated carbocycles. The number of rotatable bonds is 5. The maximum absolute atomic E-state index is 13.6. The molecule has 1 aliphatic rings. The molecular formula is C20H15Cl4F3N2O. The van der Waals surface area contributed by atoms with E-state index in [1.165, 1.54) is 24.3 Å². The second-order valence-corrected chi connectivity index (χ2v) is 8.63. The zero-order chi connectivity index (χ0) is 22.3. The van der Waals surface area contributed by atoms with E-state index in [1.807, 2.05) is 0 Å². The summed E-state index contributed by atoms with van der Waals surface area (Å²) in [5.41, 5.74) is 5.56. The molecule has 1 amide bonds. The number of carbonyl (C=O) groups excluding carboxylic acids is 1. The lowest BCUT2D eigenvalue weighted by Crippen LogP contribution is -2.43. The molecule has 0 saturated heterocycles. The summed E-state index contributed by atoms with van der Waals surface area (Å²) in [5.74, 6) is -2.41. The Hall–Kier alpha value is -1.44. The fourth-order valence-electron chi connectivity index (χ4n) is 2.74. The highest BCUT2D eigenvalue weighted by atomic mass is 35.5. The van der Waals surface area contributed by atoms with E-state index in [-0.39, 0.29) is 31.2 Å². The fourth-order valence-corrected chi connectivity index (χ4v) is 3.63. The molecule has 1 fully saturated rings. The van der Waals surface area contributed by atoms with Gasteiger partial charge in [-0.2, -0.15) is 13.2 Å². The third-order valence-electron chi connectivity index (χ3n) is 4.59. The Labute approximate surface area is 190 Å². The molecule has 0 radical (unpaired) electrons. The van der Waals surface area contributed by atoms with Gasteiger partial charge in [0.15, 0.2) is 0 Å². The molecule has 1 unspecified atom stereocenters. The molecule has 10 heteroatoms. The molecule has 3 nitrogen and oxygen atoms in total. The molecule has 1 atom stereocenters. The van der Waals surface area contributed by atoms with Gasteiger partial charge in [-0.1, -0.05) is 64.6 Å². The van der Waals surface area contributed by atoms with Gasteiger partial charge in [0.2, 0.25) is 0 Å². The van der Waals surface area contributed by atoms with Gasteiger partial charge in [0.25, 0.3) is 5.91 Å². The molecule has 2 aromatic carbocycles. The molecule has 0 bridgehead atoms. The van der Waals surface area contributed by atoms with Gasteiger partial charge in [0.1, 0.15) is 0 Å². The summed E-state index contributed by atoms with van der Waals surface area (Å²) in [6, 6.07) is 6.57. The van der Waals surface area contributed by atoms with Crippen LogP contribution in [0.2, 0.25) is 20.1 Å². The number of hydrogen-bond donors (Lipinski definition) is 2. The second kappa shape index (κ2) is 8.60. The number of carbonyl (C=O) groups is 1. The molecule has 0 spiro atoms. The summed E-state index contributed by atoms with van der Waals surface area (Å²) in [4.78, 5) is 12.2. The lowest BCUT2D eigenvalue weighted by Gasteiger charge is -2.18. The Balaban J connectivity index is 1.86. The second-order valence-electron chi connectivity index (χ2n) is 7.03. The van der Waals surface area contributed by atoms with E-state index in [1.54, 1.807) is 0 Å². The van der Waals surface area contributed by atoms with E-state index < -0.39 is 23.7 Å². The van der Waals surface area contributed by atoms with E-state index in [9.17, 15) is 18.0 Å². The average molecular weight is 498 g/mol. The minimum Gasteiger partial charge on any atom is -0.334 e. The first-order valence-electron chi connectivity index (χ1n) is 8.70. The summed E-state index contributed by atoms with van der Waals surface area (Å²) in [5, 5.41) is 2.60. The zero-order valence-corrected chi connectivity index (χ0v) is 18.2. The first-order valence-corrected chi connectivity index (χ1v) is 10.2. The van der Waals surface area contributed by atoms with Crippen molar-refractivity contribution in [1.82, 2.24) is 5.32 Å². The number of allylic oxidation sites excluding steroid dienone is 1. The van der Waals surface area contributed by atoms with Crippen LogP contribution in [0.3, 0.4) is 0 Å². The highest BCUT2D eigenvalue weighted by Crippen LogP contribution is 2.41. The van der Waals surface area contributed by atoms with Crippen LogP contribution < -0.4 is 11.1 Å². The van der Waals surface area contributed by atoms with E-state index in [4.69, 9.17) is 52.1 Å². The van der Waals surface area contributed by atoms with Crippen LogP contribution in [-0.4, -0.2) is 17.7 Å². The highest BCUT2D eigenvalue weighted by Gasteiger charge is 2.40. The maximum Gasteiger partial charge on any atom is 0.399 e. The van der Waals surface area contributed by atoms with Crippen LogP contribution in [0, 0.1) is 0 Å². The molecule has 0 aliphatic heterocycles. The normalized spacial score (nSPS) is 16.5. The van der Waals surface area contributed by atoms with Crippen molar-refractivity contribution >= 4 is 58.4 Å². The number of halogens is 7. The Kier molecular flexibility index (Phi) is 6.65. The Morgan fingerprint density at radius 3 is 2.17 bits per heavy atom. The minimum absolute atomic E-state index is 0.0157. The monoisotopic (exact) mass is 496 g/mol. The van der Waals surface area contributed by atoms with Crippen LogP contribution >= 0.6 is 46.4 Å². The number of amides is 1. The van der Waals surface area contributed by atoms with Crippen molar-refractivity contribution in [3.8, 4) is 0 Å². The van der Waals surface area contributed by atoms with Gasteiger partial charge in [-0.25, -0.2) is 0 Å². The van der Waals surface area contributed by atoms with Crippen molar-refractivity contribution < 1.29 is 18.0 Å². The van der Waals surface area contributed by atoms with Gasteiger partial charge in [-0.3, -0.25) is 4.79 Å². The van der Waals surface area contributed by atoms with Crippen LogP contribution in [0.15, 0.2) is 36.4 Å². The van der Waals surface area contributed by atoms with Gasteiger partial charge in [-0.15, -0.1) is 0 Å². The molecule has 30 heavy (non-hydrogen) atoms. The Morgan fingerprint density at radius 1 is 1.07 bits per heavy atom. The Bertz CT molecular complexity index is 997. The number of alkyl halides is 3. The van der Waals surface area contributed by atoms with E-state index >= 15 is 0 Å². The minimum atomic E-state index is -4.60. The lowest BCUT2D eigenvalue weighted by atomic mass is 9.97. The maximum atomic E-state index is 13.6. The van der Waals surface area contributed by atoms with Crippen molar-refractivity contribution in [2.75, 3.05) is 0 Å². The van der Waals surface area contributed by atoms with Crippen LogP contribution in [0.1, 0.15) is 40.2 Å². The first-order chi connectivity index (χ1) is 13.9. The predicted molar refractivity (Wildman–Crippen MR) is 114 cm³/mol. The first kappa shape index (κ1) is 23.2. The molecule has 1 aliphatic carbocycles. The topological polar surface area (TPSA) is 55.1 Å². The third-order valence-corrected chi connectivity index (χ3v) is 6.10. The van der Waals surface area contributed by atoms with Gasteiger partial charge < -0.3 is 11.1 Å². The number of nitrogens with one attached hydrogen (secondary N) is 1. The van der Waals surface area contributed by atoms with E-state index in [0.29, 0.717) is 18.4 Å². The standard InChI is InChI=1S/C20H15Cl4F3N2O/c21-14-7-10(1-3-12(14)18(30)29-19(28)5-6-19)2-4-13(20(25,26)27)11-8-15(22)17(24)16(23)9-11/h1-4,7-9,13H,5-6,28H2,(H,29,30)/b4-2+. The predicted octanol–water partition coefficient (Wildman–Crippen LogP) is 6.84. The number of nitrogens with two attached hydrogens (primary N) is 1. The Morgan fingerprint density at radius 2 is 1.67 bits per heavy atom. The zero-order valence-electron chi connectivity index (χ0n) is 15.2. The largest absolute Gasteiger partial charge is 0.399 e. The molecule has 0 heterocycles. The van der Waals surface area contributed by atoms with Crippen molar-refractivity contribution in [2.45, 2.75) is 30.6 Å². The molecule has 0 aromatic heterocycles. The molecule has 3 rings (SSSR count). The van der Waals surface area contributed by atoms with E-state index in [2.05, 4.69) is 5.32 Å². The van der Waals surface area contributed by atoms with Crippen molar-refractivity contribution in [1.29, 1.82) is 0 Å². The van der Waals surface area contributed by atoms with Crippen molar-refractivity contribution in [2.24, 2.45) is 5.73 Å². The summed E-state index contributed by atoms with van der Waals surface area (Å²) >= 11 is 23.7. The highest BCUT2D eigenvalue weighted by molar-refractivity contribution is 6.48. The van der Waals surface area contributed by atoms with Crippen LogP contribution in [0.4, 0.5) is 13.2 Å². The SMILES string of the molecule is NC1(NC(=O)c2ccc(/C=C/C(c3cc(Cl)c(Cl)c(Cl)c3)C(F)(F)F)cc2Cl)CC1. The van der Waals surface area contributed by atoms with Crippen LogP contribution in [-0.2, 0) is 0 Å². The fraction of sp³-hybridized carbons (Fsp3) is 0.250. The van der Waals surface area contributed by atoms with Crippen LogP contribution in [0.25, 0.3) is 6.08 Å². The van der Waals surface area contributed by atoms with Crippen molar-refractivity contribution in [3.63, 3.8) is 0 Å². The molecule has 160 valence electrons. The van der Waals surface area contributed by atoms with E-state index in [0.717, 1.165) is 18.2 Å². The van der Waals surface area contributed by atoms with Gasteiger partial charge in [0, 0.05) is 0 Å². The smallest absolute Gasteiger partial charge is 0.334 e. The van der Waals surface area contributed by atoms with Gasteiger partial charge in [-0.05, 0) is 48.2 Å². The summed E-state index contributed by atoms with van der Waals surface area (Å²) in [6.45, 7) is 0. The van der Waals surface area contributed by atoms with Gasteiger partial charge in [0.05, 0.1) is 37.2 Å². The third kappa shape index (κ3) is 5.42. The summed E-state index contributed by atoms with van der Waals surface area (Å²) in [6.07, 6.45) is -1.03. The summed E-state index contributed by atoms with van der Waals surface area (Å²) < 4.78 is 40.9. The summed E-state index contributed by atoms with van der Waals surface area (Å²) in [7, 11) is 0. The quantitative estimate of drug-likeness (QED) is 0.351. The molecular weight excluding hydrogens is 483 g/mol. The van der Waals surface area contributed by atoms with Crippen LogP contribution in [0.5, 0.6) is 0 Å². The molecule has 2 aromatic rings. The number of hydrogen-bond acceptors (Lipinski definition) is 2. The average Bonchev–Trinajstić information content (AvgIpc) is 3.35. The van der Waals surface area contributed by atoms with Crippen molar-refractivity contribution in [3.05, 3.63) is 73.2 Å². The molecule has 3 N–H and O–H groups in total. The van der Waals surface area contributed by atoms with Gasteiger partial charge >= 0.3 is 6.18 Å². The number of benzene rings is 2.